The lowest BCUT2D eigenvalue weighted by Crippen LogP contribution is -2.51. The molecule has 0 aromatic heterocycles. The van der Waals surface area contributed by atoms with E-state index in [4.69, 9.17) is 0 Å². The summed E-state index contributed by atoms with van der Waals surface area (Å²) in [6.45, 7) is 9.22. The van der Waals surface area contributed by atoms with Crippen molar-refractivity contribution in [2.24, 2.45) is 36.1 Å². The quantitative estimate of drug-likeness (QED) is 0.0988. The van der Waals surface area contributed by atoms with Crippen LogP contribution in [-0.2, 0) is 55.5 Å². The van der Waals surface area contributed by atoms with Gasteiger partial charge in [0, 0.05) is 51.1 Å². The van der Waals surface area contributed by atoms with Crippen molar-refractivity contribution in [3.63, 3.8) is 0 Å². The number of benzene rings is 3. The highest BCUT2D eigenvalue weighted by Crippen LogP contribution is 2.82. The molecule has 0 aliphatic heterocycles. The Kier molecular flexibility index (Phi) is 8.15. The van der Waals surface area contributed by atoms with Crippen molar-refractivity contribution in [2.45, 2.75) is 83.2 Å². The number of rotatable bonds is 12. The summed E-state index contributed by atoms with van der Waals surface area (Å²) in [5.41, 5.74) is 63.2. The third-order valence-electron chi connectivity index (χ3n) is 12.1. The first-order chi connectivity index (χ1) is 24.1. The first-order valence-electron chi connectivity index (χ1n) is 15.6. The van der Waals surface area contributed by atoms with Gasteiger partial charge >= 0.3 is 0 Å². The van der Waals surface area contributed by atoms with Gasteiger partial charge in [-0.2, -0.15) is 0 Å². The summed E-state index contributed by atoms with van der Waals surface area (Å²) in [6.07, 6.45) is 0. The van der Waals surface area contributed by atoms with Gasteiger partial charge in [0.15, 0.2) is 0 Å². The molecule has 0 saturated carbocycles. The summed E-state index contributed by atoms with van der Waals surface area (Å²) in [4.78, 5) is 18.0. The zero-order valence-electron chi connectivity index (χ0n) is 27.8. The van der Waals surface area contributed by atoms with E-state index in [0.717, 1.165) is 66.8 Å². The van der Waals surface area contributed by atoms with Crippen LogP contribution >= 0.6 is 0 Å². The molecule has 0 bridgehead atoms. The molecule has 0 fully saturated rings. The number of azide groups is 6. The highest BCUT2D eigenvalue weighted by molar-refractivity contribution is 5.78. The van der Waals surface area contributed by atoms with Crippen LogP contribution in [0.1, 0.15) is 94.5 Å². The maximum absolute atomic E-state index is 9.24. The molecule has 0 heterocycles. The molecule has 0 N–H and O–H groups in total. The molecule has 0 spiro atoms. The van der Waals surface area contributed by atoms with Gasteiger partial charge in [-0.25, -0.2) is 0 Å². The van der Waals surface area contributed by atoms with E-state index in [9.17, 15) is 33.2 Å². The standard InChI is InChI=1S/C32H30N18/c1-29-23-5-17(11-39-45-33)19(13-41-47-35)7-25(23)30(2)27-9-21(15-43-49-37)22(16-44-50-38)10-28(27)31(3,32(29,30)4)26-8-20(14-42-48-36)18(6-24(26)29)12-40-46-34/h5-10H,11-16H2,1-4H3. The third-order valence-corrected chi connectivity index (χ3v) is 12.1. The van der Waals surface area contributed by atoms with Crippen molar-refractivity contribution < 1.29 is 0 Å². The van der Waals surface area contributed by atoms with E-state index < -0.39 is 21.7 Å². The number of hydrogen-bond donors (Lipinski definition) is 0. The predicted molar refractivity (Wildman–Crippen MR) is 184 cm³/mol. The van der Waals surface area contributed by atoms with Crippen LogP contribution in [0, 0.1) is 5.41 Å². The fraction of sp³-hybridized carbons (Fsp3) is 0.438. The molecule has 248 valence electrons. The molecular formula is C32H30N18. The average molecular weight is 667 g/mol. The van der Waals surface area contributed by atoms with E-state index in [1.807, 2.05) is 0 Å². The fourth-order valence-corrected chi connectivity index (χ4v) is 9.63. The molecule has 0 amide bonds. The number of hydrogen-bond acceptors (Lipinski definition) is 6. The van der Waals surface area contributed by atoms with Crippen molar-refractivity contribution in [2.75, 3.05) is 0 Å². The first kappa shape index (κ1) is 33.4. The zero-order valence-corrected chi connectivity index (χ0v) is 27.8. The Morgan fingerprint density at radius 3 is 0.660 bits per heavy atom. The lowest BCUT2D eigenvalue weighted by molar-refractivity contribution is 0.0996. The molecular weight excluding hydrogens is 636 g/mol. The Balaban J connectivity index is 1.82. The zero-order chi connectivity index (χ0) is 35.9. The minimum absolute atomic E-state index is 0.0522. The van der Waals surface area contributed by atoms with Crippen LogP contribution in [0.2, 0.25) is 0 Å². The molecule has 18 nitrogen and oxygen atoms in total. The Morgan fingerprint density at radius 1 is 0.360 bits per heavy atom. The normalized spacial score (nSPS) is 24.0. The van der Waals surface area contributed by atoms with Crippen LogP contribution in [0.5, 0.6) is 0 Å². The Morgan fingerprint density at radius 2 is 0.520 bits per heavy atom. The number of nitrogens with zero attached hydrogens (tertiary/aromatic N) is 18. The van der Waals surface area contributed by atoms with E-state index in [0.29, 0.717) is 0 Å². The van der Waals surface area contributed by atoms with Crippen molar-refractivity contribution in [3.05, 3.63) is 166 Å². The van der Waals surface area contributed by atoms with Crippen LogP contribution in [-0.4, -0.2) is 0 Å². The van der Waals surface area contributed by atoms with Crippen LogP contribution in [0.4, 0.5) is 0 Å². The van der Waals surface area contributed by atoms with Gasteiger partial charge in [0.25, 0.3) is 0 Å². The first-order valence-corrected chi connectivity index (χ1v) is 15.6. The summed E-state index contributed by atoms with van der Waals surface area (Å²) in [6, 6.07) is 12.4. The third kappa shape index (κ3) is 4.13. The lowest BCUT2D eigenvalue weighted by Gasteiger charge is -2.49. The smallest absolute Gasteiger partial charge is 0.0513 e. The molecule has 0 unspecified atom stereocenters. The second-order valence-corrected chi connectivity index (χ2v) is 13.3. The molecule has 3 aliphatic rings. The maximum atomic E-state index is 9.24. The molecule has 3 aliphatic carbocycles. The van der Waals surface area contributed by atoms with Gasteiger partial charge in [-0.05, 0) is 99.9 Å². The highest BCUT2D eigenvalue weighted by Gasteiger charge is 2.79. The van der Waals surface area contributed by atoms with Crippen LogP contribution in [0.3, 0.4) is 0 Å². The second kappa shape index (κ2) is 12.2. The molecule has 3 aromatic carbocycles. The molecule has 6 rings (SSSR count). The topological polar surface area (TPSA) is 293 Å². The van der Waals surface area contributed by atoms with E-state index in [-0.39, 0.29) is 39.3 Å². The molecule has 3 aromatic rings. The van der Waals surface area contributed by atoms with Crippen LogP contribution in [0.15, 0.2) is 67.1 Å². The van der Waals surface area contributed by atoms with Gasteiger partial charge in [-0.15, -0.1) is 0 Å². The SMILES string of the molecule is CC12c3cc(CN=[N+]=[N-])c(CN=[N+]=[N-])cc3C3(C)c4cc(CN=[N+]=[N-])c(CN=[N+]=[N-])cc4C(C)(c4cc(CN=[N+]=[N-])c(CN=[N+]=[N-])cc41)C23C. The van der Waals surface area contributed by atoms with Crippen LogP contribution < -0.4 is 0 Å². The second-order valence-electron chi connectivity index (χ2n) is 13.3. The number of fused-ring (bicyclic) bond motifs is 9. The lowest BCUT2D eigenvalue weighted by atomic mass is 9.52. The van der Waals surface area contributed by atoms with Crippen molar-refractivity contribution in [3.8, 4) is 0 Å². The van der Waals surface area contributed by atoms with Gasteiger partial charge in [0.2, 0.25) is 0 Å². The average Bonchev–Trinajstić information content (AvgIpc) is 3.47. The van der Waals surface area contributed by atoms with E-state index in [2.05, 4.69) is 124 Å². The van der Waals surface area contributed by atoms with Gasteiger partial charge in [0.1, 0.15) is 0 Å². The van der Waals surface area contributed by atoms with Gasteiger partial charge in [-0.1, -0.05) is 94.8 Å². The molecule has 18 heteroatoms. The monoisotopic (exact) mass is 666 g/mol. The Bertz CT molecular complexity index is 1890. The summed E-state index contributed by atoms with van der Waals surface area (Å²) >= 11 is 0. The van der Waals surface area contributed by atoms with Crippen molar-refractivity contribution in [1.82, 2.24) is 0 Å². The Labute approximate surface area is 284 Å². The minimum atomic E-state index is -0.694. The van der Waals surface area contributed by atoms with E-state index in [1.165, 1.54) is 0 Å². The van der Waals surface area contributed by atoms with E-state index in [1.54, 1.807) is 0 Å². The van der Waals surface area contributed by atoms with Gasteiger partial charge < -0.3 is 0 Å². The highest BCUT2D eigenvalue weighted by atomic mass is 15.2. The molecule has 50 heavy (non-hydrogen) atoms. The van der Waals surface area contributed by atoms with Crippen LogP contribution in [0.25, 0.3) is 62.7 Å². The molecule has 0 atom stereocenters. The summed E-state index contributed by atoms with van der Waals surface area (Å²) in [5.74, 6) is 0. The molecule has 0 radical (unpaired) electrons. The summed E-state index contributed by atoms with van der Waals surface area (Å²) < 4.78 is 0. The summed E-state index contributed by atoms with van der Waals surface area (Å²) in [7, 11) is 0. The summed E-state index contributed by atoms with van der Waals surface area (Å²) in [5, 5.41) is 23.2. The van der Waals surface area contributed by atoms with Gasteiger partial charge in [-0.3, -0.25) is 0 Å². The minimum Gasteiger partial charge on any atom is -0.0893 e. The Hall–Kier alpha value is -6.48. The van der Waals surface area contributed by atoms with E-state index >= 15 is 0 Å². The predicted octanol–water partition coefficient (Wildman–Crippen LogP) is 10.8. The molecule has 0 saturated heterocycles. The maximum Gasteiger partial charge on any atom is 0.0513 e. The van der Waals surface area contributed by atoms with Gasteiger partial charge in [0.05, 0.1) is 39.3 Å². The van der Waals surface area contributed by atoms with Crippen molar-refractivity contribution >= 4 is 0 Å². The fourth-order valence-electron chi connectivity index (χ4n) is 9.63. The largest absolute Gasteiger partial charge is 0.0893 e. The van der Waals surface area contributed by atoms with Crippen molar-refractivity contribution in [1.29, 1.82) is 0 Å².